The molecule has 4 unspecified atom stereocenters. The third-order valence-corrected chi connectivity index (χ3v) is 5.55. The highest BCUT2D eigenvalue weighted by Crippen LogP contribution is 2.11. The van der Waals surface area contributed by atoms with Crippen LogP contribution in [0.3, 0.4) is 0 Å². The van der Waals surface area contributed by atoms with Crippen molar-refractivity contribution in [1.29, 1.82) is 0 Å². The van der Waals surface area contributed by atoms with E-state index in [4.69, 9.17) is 5.73 Å². The zero-order valence-electron chi connectivity index (χ0n) is 21.7. The maximum Gasteiger partial charge on any atom is 0.326 e. The van der Waals surface area contributed by atoms with Gasteiger partial charge in [-0.25, -0.2) is 4.79 Å². The van der Waals surface area contributed by atoms with E-state index in [9.17, 15) is 24.3 Å². The second kappa shape index (κ2) is 14.5. The highest BCUT2D eigenvalue weighted by atomic mass is 16.4. The molecule has 0 bridgehead atoms. The molecule has 3 amide bonds. The number of hydrogen-bond donors (Lipinski definition) is 5. The number of carboxylic acid groups (broad SMARTS) is 1. The first-order valence-electron chi connectivity index (χ1n) is 12.2. The lowest BCUT2D eigenvalue weighted by Gasteiger charge is -2.28. The number of hydrogen-bond acceptors (Lipinski definition) is 5. The number of rotatable bonds is 14. The molecular formula is C26H42N4O5. The summed E-state index contributed by atoms with van der Waals surface area (Å²) in [6.07, 6.45) is 0.901. The van der Waals surface area contributed by atoms with Crippen LogP contribution in [0.25, 0.3) is 0 Å². The molecule has 6 N–H and O–H groups in total. The Bertz CT molecular complexity index is 841. The van der Waals surface area contributed by atoms with Crippen molar-refractivity contribution in [2.24, 2.45) is 23.5 Å². The molecule has 9 nitrogen and oxygen atoms in total. The van der Waals surface area contributed by atoms with Gasteiger partial charge < -0.3 is 26.8 Å². The molecule has 1 rings (SSSR count). The van der Waals surface area contributed by atoms with Crippen LogP contribution < -0.4 is 21.7 Å². The van der Waals surface area contributed by atoms with E-state index in [0.29, 0.717) is 12.8 Å². The summed E-state index contributed by atoms with van der Waals surface area (Å²) in [5.74, 6) is -2.66. The lowest BCUT2D eigenvalue weighted by molar-refractivity contribution is -0.142. The molecule has 0 aliphatic carbocycles. The summed E-state index contributed by atoms with van der Waals surface area (Å²) >= 11 is 0. The summed E-state index contributed by atoms with van der Waals surface area (Å²) in [5.41, 5.74) is 6.73. The van der Waals surface area contributed by atoms with Crippen molar-refractivity contribution in [2.75, 3.05) is 0 Å². The fraction of sp³-hybridized carbons (Fsp3) is 0.615. The van der Waals surface area contributed by atoms with Crippen LogP contribution in [0.4, 0.5) is 0 Å². The van der Waals surface area contributed by atoms with Crippen molar-refractivity contribution in [1.82, 2.24) is 16.0 Å². The Balaban J connectivity index is 2.96. The monoisotopic (exact) mass is 490 g/mol. The lowest BCUT2D eigenvalue weighted by Crippen LogP contribution is -2.58. The van der Waals surface area contributed by atoms with Gasteiger partial charge in [0.05, 0.1) is 6.04 Å². The normalized spacial score (nSPS) is 14.8. The van der Waals surface area contributed by atoms with Gasteiger partial charge in [0.25, 0.3) is 0 Å². The van der Waals surface area contributed by atoms with E-state index in [2.05, 4.69) is 16.0 Å². The van der Waals surface area contributed by atoms with Crippen molar-refractivity contribution < 1.29 is 24.3 Å². The standard InChI is InChI=1S/C26H42N4O5/c1-15(2)12-19(27)23(31)30-22(17(5)6)25(33)28-20(13-16(3)4)24(32)29-21(26(34)35)14-18-10-8-7-9-11-18/h7-11,15-17,19-22H,12-14,27H2,1-6H3,(H,28,33)(H,29,32)(H,30,31)(H,34,35). The molecule has 0 saturated heterocycles. The molecule has 1 aromatic rings. The van der Waals surface area contributed by atoms with Gasteiger partial charge in [0.1, 0.15) is 18.1 Å². The van der Waals surface area contributed by atoms with Crippen LogP contribution in [0.15, 0.2) is 30.3 Å². The average molecular weight is 491 g/mol. The van der Waals surface area contributed by atoms with E-state index in [-0.39, 0.29) is 24.2 Å². The number of amides is 3. The summed E-state index contributed by atoms with van der Waals surface area (Å²) in [6.45, 7) is 11.3. The Morgan fingerprint density at radius 1 is 0.771 bits per heavy atom. The molecule has 0 aliphatic rings. The molecule has 1 aromatic carbocycles. The number of carbonyl (C=O) groups excluding carboxylic acids is 3. The molecule has 0 heterocycles. The van der Waals surface area contributed by atoms with Gasteiger partial charge in [-0.05, 0) is 36.2 Å². The van der Waals surface area contributed by atoms with Crippen molar-refractivity contribution in [3.63, 3.8) is 0 Å². The van der Waals surface area contributed by atoms with Crippen LogP contribution in [0.1, 0.15) is 59.9 Å². The molecular weight excluding hydrogens is 448 g/mol. The smallest absolute Gasteiger partial charge is 0.326 e. The molecule has 0 aliphatic heterocycles. The van der Waals surface area contributed by atoms with E-state index in [1.165, 1.54) is 0 Å². The Morgan fingerprint density at radius 3 is 1.80 bits per heavy atom. The van der Waals surface area contributed by atoms with Crippen molar-refractivity contribution in [2.45, 2.75) is 85.0 Å². The molecule has 0 saturated carbocycles. The predicted octanol–water partition coefficient (Wildman–Crippen LogP) is 1.84. The first-order valence-corrected chi connectivity index (χ1v) is 12.2. The largest absolute Gasteiger partial charge is 0.480 e. The van der Waals surface area contributed by atoms with Gasteiger partial charge in [0.15, 0.2) is 0 Å². The van der Waals surface area contributed by atoms with Gasteiger partial charge in [-0.15, -0.1) is 0 Å². The number of aliphatic carboxylic acids is 1. The minimum atomic E-state index is -1.16. The topological polar surface area (TPSA) is 151 Å². The van der Waals surface area contributed by atoms with Crippen LogP contribution >= 0.6 is 0 Å². The minimum absolute atomic E-state index is 0.0509. The summed E-state index contributed by atoms with van der Waals surface area (Å²) in [6, 6.07) is 5.26. The second-order valence-corrected chi connectivity index (χ2v) is 10.2. The number of carbonyl (C=O) groups is 4. The highest BCUT2D eigenvalue weighted by Gasteiger charge is 2.32. The van der Waals surface area contributed by atoms with E-state index < -0.39 is 47.9 Å². The Kier molecular flexibility index (Phi) is 12.4. The predicted molar refractivity (Wildman–Crippen MR) is 135 cm³/mol. The number of nitrogens with two attached hydrogens (primary N) is 1. The molecule has 0 fully saturated rings. The van der Waals surface area contributed by atoms with E-state index in [1.807, 2.05) is 33.8 Å². The maximum atomic E-state index is 13.1. The van der Waals surface area contributed by atoms with E-state index in [1.54, 1.807) is 38.1 Å². The first kappa shape index (κ1) is 30.1. The molecule has 0 aromatic heterocycles. The quantitative estimate of drug-likeness (QED) is 0.268. The minimum Gasteiger partial charge on any atom is -0.480 e. The first-order chi connectivity index (χ1) is 16.3. The third-order valence-electron chi connectivity index (χ3n) is 5.55. The molecule has 35 heavy (non-hydrogen) atoms. The van der Waals surface area contributed by atoms with E-state index >= 15 is 0 Å². The van der Waals surface area contributed by atoms with Gasteiger partial charge in [-0.2, -0.15) is 0 Å². The lowest BCUT2D eigenvalue weighted by atomic mass is 9.98. The van der Waals surface area contributed by atoms with Crippen molar-refractivity contribution in [3.8, 4) is 0 Å². The fourth-order valence-electron chi connectivity index (χ4n) is 3.70. The maximum absolute atomic E-state index is 13.1. The van der Waals surface area contributed by atoms with Crippen LogP contribution in [0, 0.1) is 17.8 Å². The highest BCUT2D eigenvalue weighted by molar-refractivity contribution is 5.94. The second-order valence-electron chi connectivity index (χ2n) is 10.2. The Morgan fingerprint density at radius 2 is 1.31 bits per heavy atom. The Hall–Kier alpha value is -2.94. The van der Waals surface area contributed by atoms with Crippen LogP contribution in [0.2, 0.25) is 0 Å². The van der Waals surface area contributed by atoms with E-state index in [0.717, 1.165) is 5.56 Å². The zero-order valence-corrected chi connectivity index (χ0v) is 21.7. The third kappa shape index (κ3) is 10.9. The molecule has 0 spiro atoms. The zero-order chi connectivity index (χ0) is 26.7. The van der Waals surface area contributed by atoms with Gasteiger partial charge in [0, 0.05) is 6.42 Å². The molecule has 196 valence electrons. The molecule has 4 atom stereocenters. The number of benzene rings is 1. The average Bonchev–Trinajstić information content (AvgIpc) is 2.75. The number of carboxylic acids is 1. The Labute approximate surface area is 208 Å². The fourth-order valence-corrected chi connectivity index (χ4v) is 3.70. The molecule has 9 heteroatoms. The van der Waals surface area contributed by atoms with Gasteiger partial charge in [0.2, 0.25) is 17.7 Å². The molecule has 0 radical (unpaired) electrons. The van der Waals surface area contributed by atoms with Crippen LogP contribution in [0.5, 0.6) is 0 Å². The summed E-state index contributed by atoms with van der Waals surface area (Å²) < 4.78 is 0. The van der Waals surface area contributed by atoms with Gasteiger partial charge in [-0.1, -0.05) is 71.9 Å². The SMILES string of the molecule is CC(C)CC(N)C(=O)NC(C(=O)NC(CC(C)C)C(=O)NC(Cc1ccccc1)C(=O)O)C(C)C. The van der Waals surface area contributed by atoms with Crippen LogP contribution in [-0.2, 0) is 25.6 Å². The van der Waals surface area contributed by atoms with Crippen molar-refractivity contribution in [3.05, 3.63) is 35.9 Å². The number of nitrogens with one attached hydrogen (secondary N) is 3. The van der Waals surface area contributed by atoms with Gasteiger partial charge >= 0.3 is 5.97 Å². The summed E-state index contributed by atoms with van der Waals surface area (Å²) in [7, 11) is 0. The van der Waals surface area contributed by atoms with Crippen LogP contribution in [-0.4, -0.2) is 53.0 Å². The van der Waals surface area contributed by atoms with Crippen molar-refractivity contribution >= 4 is 23.7 Å². The van der Waals surface area contributed by atoms with Gasteiger partial charge in [-0.3, -0.25) is 14.4 Å². The summed E-state index contributed by atoms with van der Waals surface area (Å²) in [4.78, 5) is 50.5. The summed E-state index contributed by atoms with van der Waals surface area (Å²) in [5, 5.41) is 17.6.